The fourth-order valence-corrected chi connectivity index (χ4v) is 2.05. The van der Waals surface area contributed by atoms with E-state index in [1.165, 1.54) is 0 Å². The number of nitrogens with two attached hydrogens (primary N) is 1. The zero-order valence-corrected chi connectivity index (χ0v) is 12.4. The Morgan fingerprint density at radius 3 is 2.76 bits per heavy atom. The molecule has 0 unspecified atom stereocenters. The van der Waals surface area contributed by atoms with Gasteiger partial charge in [-0.15, -0.1) is 0 Å². The van der Waals surface area contributed by atoms with Gasteiger partial charge in [0.05, 0.1) is 17.1 Å². The first-order valence-electron chi connectivity index (χ1n) is 6.47. The largest absolute Gasteiger partial charge is 0.322 e. The maximum absolute atomic E-state index is 12.2. The molecule has 0 heterocycles. The van der Waals surface area contributed by atoms with E-state index >= 15 is 0 Å². The molecule has 0 aromatic heterocycles. The van der Waals surface area contributed by atoms with Crippen molar-refractivity contribution in [1.82, 2.24) is 0 Å². The minimum atomic E-state index is -0.248. The standard InChI is InChI=1S/C17H15ClN2O/c1-12-8-9-14(11-13(12)5-4-10-19)20-17(21)15-6-2-3-7-16(15)18/h2-3,6-9,11H,10,19H2,1H3,(H,20,21). The van der Waals surface area contributed by atoms with Gasteiger partial charge in [0.25, 0.3) is 5.91 Å². The number of benzene rings is 2. The molecule has 0 radical (unpaired) electrons. The minimum Gasteiger partial charge on any atom is -0.322 e. The summed E-state index contributed by atoms with van der Waals surface area (Å²) in [5, 5.41) is 3.24. The number of hydrogen-bond acceptors (Lipinski definition) is 2. The molecule has 0 bridgehead atoms. The lowest BCUT2D eigenvalue weighted by atomic mass is 10.1. The van der Waals surface area contributed by atoms with Crippen LogP contribution in [-0.2, 0) is 0 Å². The van der Waals surface area contributed by atoms with Crippen LogP contribution in [-0.4, -0.2) is 12.5 Å². The van der Waals surface area contributed by atoms with E-state index in [1.54, 1.807) is 24.3 Å². The fraction of sp³-hybridized carbons (Fsp3) is 0.118. The van der Waals surface area contributed by atoms with Crippen molar-refractivity contribution in [3.63, 3.8) is 0 Å². The molecule has 21 heavy (non-hydrogen) atoms. The molecule has 2 aromatic rings. The second kappa shape index (κ2) is 6.94. The number of halogens is 1. The van der Waals surface area contributed by atoms with Crippen LogP contribution in [0.2, 0.25) is 5.02 Å². The molecule has 3 N–H and O–H groups in total. The molecule has 0 aliphatic carbocycles. The number of aryl methyl sites for hydroxylation is 1. The first-order chi connectivity index (χ1) is 10.1. The van der Waals surface area contributed by atoms with Crippen LogP contribution >= 0.6 is 11.6 Å². The van der Waals surface area contributed by atoms with Crippen molar-refractivity contribution >= 4 is 23.2 Å². The highest BCUT2D eigenvalue weighted by Gasteiger charge is 2.10. The van der Waals surface area contributed by atoms with E-state index in [2.05, 4.69) is 17.2 Å². The van der Waals surface area contributed by atoms with Crippen LogP contribution in [0.25, 0.3) is 0 Å². The van der Waals surface area contributed by atoms with Crippen molar-refractivity contribution in [2.45, 2.75) is 6.92 Å². The molecule has 0 aliphatic rings. The maximum atomic E-state index is 12.2. The van der Waals surface area contributed by atoms with Crippen molar-refractivity contribution in [3.8, 4) is 11.8 Å². The van der Waals surface area contributed by atoms with E-state index in [1.807, 2.05) is 25.1 Å². The van der Waals surface area contributed by atoms with Gasteiger partial charge in [-0.1, -0.05) is 41.6 Å². The fourth-order valence-electron chi connectivity index (χ4n) is 1.82. The Morgan fingerprint density at radius 1 is 1.29 bits per heavy atom. The predicted molar refractivity (Wildman–Crippen MR) is 86.5 cm³/mol. The summed E-state index contributed by atoms with van der Waals surface area (Å²) in [5.41, 5.74) is 8.37. The van der Waals surface area contributed by atoms with E-state index in [4.69, 9.17) is 17.3 Å². The van der Waals surface area contributed by atoms with Gasteiger partial charge in [-0.3, -0.25) is 4.79 Å². The lowest BCUT2D eigenvalue weighted by Crippen LogP contribution is -2.12. The Balaban J connectivity index is 2.24. The van der Waals surface area contributed by atoms with Gasteiger partial charge in [0, 0.05) is 11.3 Å². The lowest BCUT2D eigenvalue weighted by Gasteiger charge is -2.08. The first-order valence-corrected chi connectivity index (χ1v) is 6.85. The minimum absolute atomic E-state index is 0.248. The summed E-state index contributed by atoms with van der Waals surface area (Å²) >= 11 is 6.01. The van der Waals surface area contributed by atoms with Gasteiger partial charge in [-0.05, 0) is 36.8 Å². The molecule has 0 spiro atoms. The van der Waals surface area contributed by atoms with Gasteiger partial charge in [-0.2, -0.15) is 0 Å². The van der Waals surface area contributed by atoms with E-state index in [0.29, 0.717) is 22.8 Å². The Bertz CT molecular complexity index is 729. The molecular formula is C17H15ClN2O. The van der Waals surface area contributed by atoms with E-state index in [0.717, 1.165) is 11.1 Å². The van der Waals surface area contributed by atoms with Crippen LogP contribution in [0.5, 0.6) is 0 Å². The summed E-state index contributed by atoms with van der Waals surface area (Å²) in [6, 6.07) is 12.5. The van der Waals surface area contributed by atoms with Crippen LogP contribution < -0.4 is 11.1 Å². The van der Waals surface area contributed by atoms with Crippen molar-refractivity contribution in [3.05, 3.63) is 64.2 Å². The number of carbonyl (C=O) groups excluding carboxylic acids is 1. The van der Waals surface area contributed by atoms with Crippen LogP contribution in [0.3, 0.4) is 0 Å². The second-order valence-electron chi connectivity index (χ2n) is 4.47. The van der Waals surface area contributed by atoms with Gasteiger partial charge in [0.15, 0.2) is 0 Å². The third-order valence-corrected chi connectivity index (χ3v) is 3.27. The number of carbonyl (C=O) groups is 1. The molecule has 0 fully saturated rings. The Labute approximate surface area is 129 Å². The highest BCUT2D eigenvalue weighted by Crippen LogP contribution is 2.19. The molecule has 1 amide bonds. The summed E-state index contributed by atoms with van der Waals surface area (Å²) in [6.07, 6.45) is 0. The number of nitrogens with one attached hydrogen (secondary N) is 1. The van der Waals surface area contributed by atoms with Gasteiger partial charge in [0.2, 0.25) is 0 Å². The molecule has 106 valence electrons. The number of rotatable bonds is 2. The van der Waals surface area contributed by atoms with Crippen LogP contribution in [0.15, 0.2) is 42.5 Å². The zero-order chi connectivity index (χ0) is 15.2. The maximum Gasteiger partial charge on any atom is 0.257 e. The van der Waals surface area contributed by atoms with Crippen molar-refractivity contribution in [2.24, 2.45) is 5.73 Å². The highest BCUT2D eigenvalue weighted by atomic mass is 35.5. The Morgan fingerprint density at radius 2 is 2.05 bits per heavy atom. The molecule has 0 aliphatic heterocycles. The average molecular weight is 299 g/mol. The smallest absolute Gasteiger partial charge is 0.257 e. The Hall–Kier alpha value is -2.28. The second-order valence-corrected chi connectivity index (χ2v) is 4.88. The Kier molecular flexibility index (Phi) is 4.99. The topological polar surface area (TPSA) is 55.1 Å². The van der Waals surface area contributed by atoms with Gasteiger partial charge < -0.3 is 11.1 Å². The van der Waals surface area contributed by atoms with Gasteiger partial charge in [0.1, 0.15) is 0 Å². The molecule has 0 saturated heterocycles. The summed E-state index contributed by atoms with van der Waals surface area (Å²) in [4.78, 5) is 12.2. The zero-order valence-electron chi connectivity index (χ0n) is 11.6. The van der Waals surface area contributed by atoms with E-state index in [9.17, 15) is 4.79 Å². The SMILES string of the molecule is Cc1ccc(NC(=O)c2ccccc2Cl)cc1C#CCN. The van der Waals surface area contributed by atoms with Gasteiger partial charge in [-0.25, -0.2) is 0 Å². The molecule has 3 nitrogen and oxygen atoms in total. The molecule has 0 saturated carbocycles. The van der Waals surface area contributed by atoms with Crippen molar-refractivity contribution in [2.75, 3.05) is 11.9 Å². The molecule has 0 atom stereocenters. The van der Waals surface area contributed by atoms with Crippen molar-refractivity contribution in [1.29, 1.82) is 0 Å². The molecule has 4 heteroatoms. The van der Waals surface area contributed by atoms with Crippen LogP contribution in [0.4, 0.5) is 5.69 Å². The monoisotopic (exact) mass is 298 g/mol. The van der Waals surface area contributed by atoms with Crippen LogP contribution in [0, 0.1) is 18.8 Å². The quantitative estimate of drug-likeness (QED) is 0.837. The number of hydrogen-bond donors (Lipinski definition) is 2. The summed E-state index contributed by atoms with van der Waals surface area (Å²) in [7, 11) is 0. The highest BCUT2D eigenvalue weighted by molar-refractivity contribution is 6.34. The number of amides is 1. The summed E-state index contributed by atoms with van der Waals surface area (Å²) < 4.78 is 0. The third kappa shape index (κ3) is 3.85. The first kappa shape index (κ1) is 15.1. The van der Waals surface area contributed by atoms with Gasteiger partial charge >= 0.3 is 0 Å². The summed E-state index contributed by atoms with van der Waals surface area (Å²) in [6.45, 7) is 2.26. The molecule has 2 rings (SSSR count). The van der Waals surface area contributed by atoms with Crippen LogP contribution in [0.1, 0.15) is 21.5 Å². The summed E-state index contributed by atoms with van der Waals surface area (Å²) in [5.74, 6) is 5.55. The average Bonchev–Trinajstić information content (AvgIpc) is 2.48. The molecule has 2 aromatic carbocycles. The number of anilines is 1. The predicted octanol–water partition coefficient (Wildman–Crippen LogP) is 3.21. The van der Waals surface area contributed by atoms with E-state index < -0.39 is 0 Å². The lowest BCUT2D eigenvalue weighted by molar-refractivity contribution is 0.102. The van der Waals surface area contributed by atoms with E-state index in [-0.39, 0.29) is 5.91 Å². The van der Waals surface area contributed by atoms with Crippen molar-refractivity contribution < 1.29 is 4.79 Å². The molecular weight excluding hydrogens is 284 g/mol. The third-order valence-electron chi connectivity index (χ3n) is 2.94. The normalized spacial score (nSPS) is 9.67.